The Kier molecular flexibility index (Phi) is 5.33. The molecular weight excluding hydrogens is 384 g/mol. The van der Waals surface area contributed by atoms with Crippen LogP contribution in [-0.2, 0) is 11.8 Å². The molecule has 30 heavy (non-hydrogen) atoms. The topological polar surface area (TPSA) is 93.5 Å². The number of aromatic nitrogens is 2. The van der Waals surface area contributed by atoms with Crippen molar-refractivity contribution in [3.05, 3.63) is 75.8 Å². The molecule has 1 aliphatic rings. The van der Waals surface area contributed by atoms with Crippen LogP contribution in [0.4, 0.5) is 0 Å². The van der Waals surface area contributed by atoms with Crippen LogP contribution in [0.5, 0.6) is 0 Å². The zero-order chi connectivity index (χ0) is 21.3. The average Bonchev–Trinajstić information content (AvgIpc) is 2.79. The maximum atomic E-state index is 12.9. The van der Waals surface area contributed by atoms with Crippen LogP contribution in [0.3, 0.4) is 0 Å². The molecule has 0 unspecified atom stereocenters. The summed E-state index contributed by atoms with van der Waals surface area (Å²) in [6.07, 6.45) is 1.08. The van der Waals surface area contributed by atoms with Gasteiger partial charge in [-0.3, -0.25) is 14.4 Å². The summed E-state index contributed by atoms with van der Waals surface area (Å²) in [6, 6.07) is 12.1. The molecule has 1 N–H and O–H groups in total. The van der Waals surface area contributed by atoms with Gasteiger partial charge in [-0.2, -0.15) is 0 Å². The number of benzene rings is 1. The minimum atomic E-state index is -0.455. The van der Waals surface area contributed by atoms with Crippen molar-refractivity contribution in [3.8, 4) is 0 Å². The van der Waals surface area contributed by atoms with Gasteiger partial charge >= 0.3 is 0 Å². The molecule has 1 aliphatic heterocycles. The van der Waals surface area contributed by atoms with Gasteiger partial charge in [0.1, 0.15) is 6.10 Å². The van der Waals surface area contributed by atoms with Gasteiger partial charge in [0.05, 0.1) is 35.5 Å². The molecule has 8 heteroatoms. The third-order valence-corrected chi connectivity index (χ3v) is 5.22. The molecule has 0 saturated carbocycles. The molecule has 1 saturated heterocycles. The van der Waals surface area contributed by atoms with E-state index in [2.05, 4.69) is 10.3 Å². The Morgan fingerprint density at radius 1 is 1.20 bits per heavy atom. The molecule has 154 valence electrons. The minimum Gasteiger partial charge on any atom is -0.368 e. The lowest BCUT2D eigenvalue weighted by atomic mass is 10.0. The lowest BCUT2D eigenvalue weighted by molar-refractivity contribution is -0.0246. The van der Waals surface area contributed by atoms with E-state index in [1.807, 2.05) is 24.3 Å². The number of aryl methyl sites for hydroxylation is 1. The number of para-hydroxylation sites is 1. The molecule has 1 atom stereocenters. The Morgan fingerprint density at radius 2 is 2.00 bits per heavy atom. The molecule has 3 aromatic rings. The van der Waals surface area contributed by atoms with E-state index in [0.717, 1.165) is 5.39 Å². The third-order valence-electron chi connectivity index (χ3n) is 5.22. The van der Waals surface area contributed by atoms with Gasteiger partial charge in [-0.15, -0.1) is 0 Å². The molecule has 0 bridgehead atoms. The van der Waals surface area contributed by atoms with Crippen molar-refractivity contribution in [2.24, 2.45) is 7.05 Å². The zero-order valence-corrected chi connectivity index (χ0v) is 16.8. The van der Waals surface area contributed by atoms with Crippen LogP contribution in [-0.4, -0.2) is 53.0 Å². The number of rotatable bonds is 3. The van der Waals surface area contributed by atoms with Crippen molar-refractivity contribution in [3.63, 3.8) is 0 Å². The first-order valence-corrected chi connectivity index (χ1v) is 9.67. The molecule has 3 heterocycles. The molecule has 0 spiro atoms. The Labute approximate surface area is 173 Å². The number of hydrogen-bond donors (Lipinski definition) is 1. The lowest BCUT2D eigenvalue weighted by Gasteiger charge is -2.33. The highest BCUT2D eigenvalue weighted by Gasteiger charge is 2.28. The predicted octanol–water partition coefficient (Wildman–Crippen LogP) is 1.51. The first kappa shape index (κ1) is 19.8. The van der Waals surface area contributed by atoms with E-state index < -0.39 is 6.10 Å². The number of hydrogen-bond acceptors (Lipinski definition) is 5. The van der Waals surface area contributed by atoms with Gasteiger partial charge in [0, 0.05) is 38.3 Å². The van der Waals surface area contributed by atoms with Crippen LogP contribution in [0.25, 0.3) is 10.9 Å². The normalized spacial score (nSPS) is 16.5. The van der Waals surface area contributed by atoms with Gasteiger partial charge in [0.15, 0.2) is 0 Å². The number of nitrogens with one attached hydrogen (secondary N) is 1. The molecule has 2 aromatic heterocycles. The van der Waals surface area contributed by atoms with E-state index in [0.29, 0.717) is 42.0 Å². The number of amides is 2. The standard InChI is InChI=1S/C22H22N4O4/c1-23-21(28)16-11-18(24-17-6-4-3-5-15(16)17)19-13-26(9-10-30-19)22(29)14-7-8-20(27)25(2)12-14/h3-8,11-12,19H,9-10,13H2,1-2H3,(H,23,28)/t19-/m1/s1. The maximum Gasteiger partial charge on any atom is 0.255 e. The SMILES string of the molecule is CNC(=O)c1cc([C@H]2CN(C(=O)c3ccc(=O)n(C)c3)CCO2)nc2ccccc12. The Bertz CT molecular complexity index is 1190. The van der Waals surface area contributed by atoms with Crippen LogP contribution in [0.1, 0.15) is 32.5 Å². The van der Waals surface area contributed by atoms with Crippen molar-refractivity contribution >= 4 is 22.7 Å². The first-order chi connectivity index (χ1) is 14.5. The molecule has 4 rings (SSSR count). The highest BCUT2D eigenvalue weighted by atomic mass is 16.5. The zero-order valence-electron chi connectivity index (χ0n) is 16.8. The van der Waals surface area contributed by atoms with E-state index in [1.165, 1.54) is 22.9 Å². The van der Waals surface area contributed by atoms with Crippen LogP contribution < -0.4 is 10.9 Å². The second kappa shape index (κ2) is 8.08. The van der Waals surface area contributed by atoms with Crippen LogP contribution >= 0.6 is 0 Å². The van der Waals surface area contributed by atoms with Crippen LogP contribution in [0.2, 0.25) is 0 Å². The average molecular weight is 406 g/mol. The number of nitrogens with zero attached hydrogens (tertiary/aromatic N) is 3. The van der Waals surface area contributed by atoms with E-state index in [4.69, 9.17) is 4.74 Å². The first-order valence-electron chi connectivity index (χ1n) is 9.67. The fourth-order valence-electron chi connectivity index (χ4n) is 3.60. The lowest BCUT2D eigenvalue weighted by Crippen LogP contribution is -2.42. The van der Waals surface area contributed by atoms with Crippen LogP contribution in [0.15, 0.2) is 53.5 Å². The summed E-state index contributed by atoms with van der Waals surface area (Å²) in [6.45, 7) is 1.10. The van der Waals surface area contributed by atoms with E-state index >= 15 is 0 Å². The van der Waals surface area contributed by atoms with Crippen LogP contribution in [0, 0.1) is 0 Å². The molecule has 0 radical (unpaired) electrons. The van der Waals surface area contributed by atoms with E-state index in [-0.39, 0.29) is 17.4 Å². The van der Waals surface area contributed by atoms with Crippen molar-refractivity contribution in [2.75, 3.05) is 26.7 Å². The third kappa shape index (κ3) is 3.69. The van der Waals surface area contributed by atoms with Gasteiger partial charge < -0.3 is 19.5 Å². The number of morpholine rings is 1. The fourth-order valence-corrected chi connectivity index (χ4v) is 3.60. The van der Waals surface area contributed by atoms with Crippen molar-refractivity contribution in [1.29, 1.82) is 0 Å². The van der Waals surface area contributed by atoms with E-state index in [1.54, 1.807) is 25.1 Å². The molecular formula is C22H22N4O4. The van der Waals surface area contributed by atoms with Crippen molar-refractivity contribution in [1.82, 2.24) is 19.8 Å². The predicted molar refractivity (Wildman–Crippen MR) is 111 cm³/mol. The second-order valence-corrected chi connectivity index (χ2v) is 7.17. The van der Waals surface area contributed by atoms with E-state index in [9.17, 15) is 14.4 Å². The summed E-state index contributed by atoms with van der Waals surface area (Å²) in [5, 5.41) is 3.42. The fraction of sp³-hybridized carbons (Fsp3) is 0.273. The number of fused-ring (bicyclic) bond motifs is 1. The molecule has 0 aliphatic carbocycles. The highest BCUT2D eigenvalue weighted by Crippen LogP contribution is 2.26. The van der Waals surface area contributed by atoms with Crippen molar-refractivity contribution < 1.29 is 14.3 Å². The van der Waals surface area contributed by atoms with Gasteiger partial charge in [-0.25, -0.2) is 4.98 Å². The second-order valence-electron chi connectivity index (χ2n) is 7.17. The van der Waals surface area contributed by atoms with Gasteiger partial charge in [0.2, 0.25) is 5.56 Å². The summed E-state index contributed by atoms with van der Waals surface area (Å²) in [5.41, 5.74) is 2.08. The minimum absolute atomic E-state index is 0.173. The number of ether oxygens (including phenoxy) is 1. The van der Waals surface area contributed by atoms with Crippen molar-refractivity contribution in [2.45, 2.75) is 6.10 Å². The Hall–Kier alpha value is -3.52. The summed E-state index contributed by atoms with van der Waals surface area (Å²) in [5.74, 6) is -0.380. The molecule has 1 fully saturated rings. The molecule has 1 aromatic carbocycles. The number of pyridine rings is 2. The number of carbonyl (C=O) groups is 2. The molecule has 2 amide bonds. The highest BCUT2D eigenvalue weighted by molar-refractivity contribution is 6.06. The largest absolute Gasteiger partial charge is 0.368 e. The van der Waals surface area contributed by atoms with Gasteiger partial charge in [-0.1, -0.05) is 18.2 Å². The molecule has 8 nitrogen and oxygen atoms in total. The summed E-state index contributed by atoms with van der Waals surface area (Å²) < 4.78 is 7.28. The summed E-state index contributed by atoms with van der Waals surface area (Å²) >= 11 is 0. The number of carbonyl (C=O) groups excluding carboxylic acids is 2. The Morgan fingerprint density at radius 3 is 2.77 bits per heavy atom. The summed E-state index contributed by atoms with van der Waals surface area (Å²) in [4.78, 5) is 43.3. The Balaban J connectivity index is 1.65. The smallest absolute Gasteiger partial charge is 0.255 e. The summed E-state index contributed by atoms with van der Waals surface area (Å²) in [7, 11) is 3.20. The quantitative estimate of drug-likeness (QED) is 0.712. The van der Waals surface area contributed by atoms with Gasteiger partial charge in [0.25, 0.3) is 11.8 Å². The maximum absolute atomic E-state index is 12.9. The van der Waals surface area contributed by atoms with Gasteiger partial charge in [-0.05, 0) is 18.2 Å². The monoisotopic (exact) mass is 406 g/mol.